The van der Waals surface area contributed by atoms with Gasteiger partial charge in [0.1, 0.15) is 11.8 Å². The molecule has 1 aromatic heterocycles. The number of para-hydroxylation sites is 1. The van der Waals surface area contributed by atoms with E-state index in [0.717, 1.165) is 10.1 Å². The third-order valence-electron chi connectivity index (χ3n) is 2.29. The molecular weight excluding hydrogens is 308 g/mol. The number of rotatable bonds is 6. The van der Waals surface area contributed by atoms with E-state index in [0.29, 0.717) is 16.4 Å². The maximum absolute atomic E-state index is 11.8. The average Bonchev–Trinajstić information content (AvgIpc) is 2.93. The van der Waals surface area contributed by atoms with Gasteiger partial charge in [0.25, 0.3) is 5.91 Å². The smallest absolute Gasteiger partial charge is 0.264 e. The number of aromatic nitrogens is 2. The molecule has 0 bridgehead atoms. The van der Waals surface area contributed by atoms with Gasteiger partial charge in [0.05, 0.1) is 5.56 Å². The molecule has 108 valence electrons. The molecule has 8 heteroatoms. The van der Waals surface area contributed by atoms with Crippen molar-refractivity contribution < 1.29 is 9.53 Å². The third-order valence-corrected chi connectivity index (χ3v) is 4.14. The van der Waals surface area contributed by atoms with Crippen LogP contribution < -0.4 is 10.1 Å². The molecular formula is C13H12N4O2S2. The topological polar surface area (TPSA) is 87.9 Å². The van der Waals surface area contributed by atoms with Gasteiger partial charge in [-0.3, -0.25) is 10.1 Å². The summed E-state index contributed by atoms with van der Waals surface area (Å²) in [6, 6.07) is 8.76. The zero-order valence-corrected chi connectivity index (χ0v) is 12.8. The summed E-state index contributed by atoms with van der Waals surface area (Å²) in [5.41, 5.74) is 0.392. The van der Waals surface area contributed by atoms with Crippen LogP contribution >= 0.6 is 23.1 Å². The molecule has 6 nitrogen and oxygen atoms in total. The SMILES string of the molecule is CCSc1nnc(NC(=O)COc2ccccc2C#N)s1. The Bertz CT molecular complexity index is 666. The first kappa shape index (κ1) is 15.3. The van der Waals surface area contributed by atoms with E-state index in [1.807, 2.05) is 13.0 Å². The fourth-order valence-electron chi connectivity index (χ4n) is 1.43. The second-order valence-electron chi connectivity index (χ2n) is 3.75. The molecule has 0 spiro atoms. The molecule has 1 heterocycles. The molecule has 0 radical (unpaired) electrons. The van der Waals surface area contributed by atoms with Gasteiger partial charge in [-0.15, -0.1) is 10.2 Å². The Labute approximate surface area is 130 Å². The normalized spacial score (nSPS) is 9.90. The number of benzene rings is 1. The quantitative estimate of drug-likeness (QED) is 0.650. The summed E-state index contributed by atoms with van der Waals surface area (Å²) < 4.78 is 6.14. The Kier molecular flexibility index (Phi) is 5.54. The third kappa shape index (κ3) is 4.44. The summed E-state index contributed by atoms with van der Waals surface area (Å²) in [4.78, 5) is 11.8. The van der Waals surface area contributed by atoms with Gasteiger partial charge in [0, 0.05) is 0 Å². The second-order valence-corrected chi connectivity index (χ2v) is 6.24. The summed E-state index contributed by atoms with van der Waals surface area (Å²) in [5, 5.41) is 19.8. The molecule has 0 atom stereocenters. The maximum Gasteiger partial charge on any atom is 0.264 e. The number of nitrogens with one attached hydrogen (secondary N) is 1. The Balaban J connectivity index is 1.88. The van der Waals surface area contributed by atoms with E-state index in [2.05, 4.69) is 15.5 Å². The molecule has 0 aliphatic rings. The fourth-order valence-corrected chi connectivity index (χ4v) is 3.09. The van der Waals surface area contributed by atoms with Crippen molar-refractivity contribution in [3.8, 4) is 11.8 Å². The van der Waals surface area contributed by atoms with Crippen LogP contribution in [0.15, 0.2) is 28.6 Å². The molecule has 0 fully saturated rings. The molecule has 0 aliphatic heterocycles. The number of anilines is 1. The zero-order chi connectivity index (χ0) is 15.1. The molecule has 2 rings (SSSR count). The Hall–Kier alpha value is -2.11. The van der Waals surface area contributed by atoms with E-state index >= 15 is 0 Å². The van der Waals surface area contributed by atoms with Gasteiger partial charge in [-0.25, -0.2) is 0 Å². The molecule has 0 aliphatic carbocycles. The van der Waals surface area contributed by atoms with Crippen LogP contribution in [-0.4, -0.2) is 28.5 Å². The maximum atomic E-state index is 11.8. The van der Waals surface area contributed by atoms with Crippen LogP contribution in [0.4, 0.5) is 5.13 Å². The van der Waals surface area contributed by atoms with Crippen molar-refractivity contribution in [1.29, 1.82) is 5.26 Å². The van der Waals surface area contributed by atoms with E-state index in [4.69, 9.17) is 10.00 Å². The van der Waals surface area contributed by atoms with Gasteiger partial charge in [-0.1, -0.05) is 42.2 Å². The van der Waals surface area contributed by atoms with Gasteiger partial charge in [-0.05, 0) is 17.9 Å². The summed E-state index contributed by atoms with van der Waals surface area (Å²) in [7, 11) is 0. The first-order valence-corrected chi connectivity index (χ1v) is 7.91. The van der Waals surface area contributed by atoms with Crippen LogP contribution in [0.3, 0.4) is 0 Å². The first-order chi connectivity index (χ1) is 10.2. The number of carbonyl (C=O) groups is 1. The lowest BCUT2D eigenvalue weighted by molar-refractivity contribution is -0.118. The Morgan fingerprint density at radius 3 is 3.05 bits per heavy atom. The number of hydrogen-bond acceptors (Lipinski definition) is 7. The fraction of sp³-hybridized carbons (Fsp3) is 0.231. The van der Waals surface area contributed by atoms with Crippen molar-refractivity contribution in [2.75, 3.05) is 17.7 Å². The highest BCUT2D eigenvalue weighted by Gasteiger charge is 2.10. The number of nitrogens with zero attached hydrogens (tertiary/aromatic N) is 3. The molecule has 0 unspecified atom stereocenters. The van der Waals surface area contributed by atoms with Crippen molar-refractivity contribution in [3.63, 3.8) is 0 Å². The van der Waals surface area contributed by atoms with Crippen LogP contribution in [0.5, 0.6) is 5.75 Å². The van der Waals surface area contributed by atoms with Crippen LogP contribution in [0.2, 0.25) is 0 Å². The summed E-state index contributed by atoms with van der Waals surface area (Å²) in [6.45, 7) is 1.83. The van der Waals surface area contributed by atoms with Crippen molar-refractivity contribution >= 4 is 34.1 Å². The minimum Gasteiger partial charge on any atom is -0.482 e. The van der Waals surface area contributed by atoms with Gasteiger partial charge < -0.3 is 4.74 Å². The van der Waals surface area contributed by atoms with Crippen molar-refractivity contribution in [2.45, 2.75) is 11.3 Å². The number of nitriles is 1. The highest BCUT2D eigenvalue weighted by molar-refractivity contribution is 8.01. The minimum atomic E-state index is -0.341. The van der Waals surface area contributed by atoms with Crippen LogP contribution in [0.1, 0.15) is 12.5 Å². The number of thioether (sulfide) groups is 1. The summed E-state index contributed by atoms with van der Waals surface area (Å²) in [6.07, 6.45) is 0. The standard InChI is InChI=1S/C13H12N4O2S2/c1-2-20-13-17-16-12(21-13)15-11(18)8-19-10-6-4-3-5-9(10)7-14/h3-6H,2,8H2,1H3,(H,15,16,18). The van der Waals surface area contributed by atoms with Crippen LogP contribution in [-0.2, 0) is 4.79 Å². The Morgan fingerprint density at radius 2 is 2.29 bits per heavy atom. The van der Waals surface area contributed by atoms with E-state index in [9.17, 15) is 4.79 Å². The molecule has 1 amide bonds. The zero-order valence-electron chi connectivity index (χ0n) is 11.2. The molecule has 21 heavy (non-hydrogen) atoms. The number of carbonyl (C=O) groups excluding carboxylic acids is 1. The lowest BCUT2D eigenvalue weighted by atomic mass is 10.2. The predicted octanol–water partition coefficient (Wildman–Crippen LogP) is 2.54. The molecule has 1 N–H and O–H groups in total. The number of hydrogen-bond donors (Lipinski definition) is 1. The van der Waals surface area contributed by atoms with E-state index in [1.165, 1.54) is 11.3 Å². The molecule has 1 aromatic carbocycles. The Morgan fingerprint density at radius 1 is 1.48 bits per heavy atom. The van der Waals surface area contributed by atoms with E-state index < -0.39 is 0 Å². The van der Waals surface area contributed by atoms with E-state index in [-0.39, 0.29) is 12.5 Å². The average molecular weight is 320 g/mol. The predicted molar refractivity (Wildman–Crippen MR) is 81.6 cm³/mol. The van der Waals surface area contributed by atoms with Crippen molar-refractivity contribution in [1.82, 2.24) is 10.2 Å². The van der Waals surface area contributed by atoms with Crippen molar-refractivity contribution in [2.24, 2.45) is 0 Å². The summed E-state index contributed by atoms with van der Waals surface area (Å²) in [5.74, 6) is 0.943. The van der Waals surface area contributed by atoms with Crippen LogP contribution in [0, 0.1) is 11.3 Å². The highest BCUT2D eigenvalue weighted by Crippen LogP contribution is 2.25. The monoisotopic (exact) mass is 320 g/mol. The number of ether oxygens (including phenoxy) is 1. The van der Waals surface area contributed by atoms with Gasteiger partial charge in [-0.2, -0.15) is 5.26 Å². The minimum absolute atomic E-state index is 0.186. The second kappa shape index (κ2) is 7.61. The van der Waals surface area contributed by atoms with Crippen LogP contribution in [0.25, 0.3) is 0 Å². The summed E-state index contributed by atoms with van der Waals surface area (Å²) >= 11 is 2.88. The van der Waals surface area contributed by atoms with Gasteiger partial charge >= 0.3 is 0 Å². The molecule has 0 saturated heterocycles. The highest BCUT2D eigenvalue weighted by atomic mass is 32.2. The van der Waals surface area contributed by atoms with Gasteiger partial charge in [0.2, 0.25) is 5.13 Å². The first-order valence-electron chi connectivity index (χ1n) is 6.11. The molecule has 2 aromatic rings. The lowest BCUT2D eigenvalue weighted by Crippen LogP contribution is -2.20. The van der Waals surface area contributed by atoms with Gasteiger partial charge in [0.15, 0.2) is 10.9 Å². The largest absolute Gasteiger partial charge is 0.482 e. The van der Waals surface area contributed by atoms with Crippen molar-refractivity contribution in [3.05, 3.63) is 29.8 Å². The lowest BCUT2D eigenvalue weighted by Gasteiger charge is -2.06. The van der Waals surface area contributed by atoms with E-state index in [1.54, 1.807) is 36.0 Å². The number of amides is 1. The molecule has 0 saturated carbocycles.